The van der Waals surface area contributed by atoms with Crippen LogP contribution in [0.2, 0.25) is 0 Å². The van der Waals surface area contributed by atoms with Crippen molar-refractivity contribution >= 4 is 11.9 Å². The molecule has 2 rings (SSSR count). The third-order valence-corrected chi connectivity index (χ3v) is 5.25. The largest absolute Gasteiger partial charge is 0.507 e. The molecule has 29 heavy (non-hydrogen) atoms. The minimum absolute atomic E-state index is 0.120. The standard InChI is InChI=1S/C22H29NO6/c1-12(9-15(21(25)26)10-13(2)7-8-23)5-6-16-19(24)18-17(11-29-22(18)27)14(3)20(16)28-4/h5,7,15,24H,6,8-11,23H2,1-4H3,(H,25,26)/b12-5+,13-7+. The van der Waals surface area contributed by atoms with Gasteiger partial charge in [-0.25, -0.2) is 4.79 Å². The van der Waals surface area contributed by atoms with Crippen LogP contribution in [0.3, 0.4) is 0 Å². The molecule has 7 heteroatoms. The Kier molecular flexibility index (Phi) is 7.45. The maximum absolute atomic E-state index is 12.0. The molecule has 158 valence electrons. The van der Waals surface area contributed by atoms with Crippen LogP contribution in [-0.2, 0) is 22.6 Å². The van der Waals surface area contributed by atoms with Crippen molar-refractivity contribution in [3.63, 3.8) is 0 Å². The number of hydrogen-bond acceptors (Lipinski definition) is 6. The van der Waals surface area contributed by atoms with Gasteiger partial charge in [-0.3, -0.25) is 4.79 Å². The molecule has 1 atom stereocenters. The fourth-order valence-electron chi connectivity index (χ4n) is 3.70. The number of aliphatic carboxylic acids is 1. The van der Waals surface area contributed by atoms with Crippen molar-refractivity contribution < 1.29 is 29.3 Å². The van der Waals surface area contributed by atoms with Gasteiger partial charge < -0.3 is 25.4 Å². The number of ether oxygens (including phenoxy) is 2. The number of methoxy groups -OCH3 is 1. The summed E-state index contributed by atoms with van der Waals surface area (Å²) in [5.41, 5.74) is 9.40. The number of benzene rings is 1. The first kappa shape index (κ1) is 22.5. The van der Waals surface area contributed by atoms with E-state index in [-0.39, 0.29) is 17.9 Å². The van der Waals surface area contributed by atoms with Crippen molar-refractivity contribution in [2.45, 2.75) is 46.6 Å². The number of fused-ring (bicyclic) bond motifs is 1. The van der Waals surface area contributed by atoms with E-state index in [9.17, 15) is 19.8 Å². The Balaban J connectivity index is 2.27. The number of carbonyl (C=O) groups excluding carboxylic acids is 1. The first-order valence-corrected chi connectivity index (χ1v) is 9.53. The number of carbonyl (C=O) groups is 2. The molecule has 1 heterocycles. The van der Waals surface area contributed by atoms with Gasteiger partial charge in [-0.15, -0.1) is 0 Å². The number of phenolic OH excluding ortho intramolecular Hbond substituents is 1. The van der Waals surface area contributed by atoms with E-state index in [1.807, 2.05) is 32.9 Å². The van der Waals surface area contributed by atoms with Crippen LogP contribution in [-0.4, -0.2) is 35.8 Å². The molecule has 0 saturated carbocycles. The van der Waals surface area contributed by atoms with Crippen molar-refractivity contribution in [3.8, 4) is 11.5 Å². The van der Waals surface area contributed by atoms with E-state index >= 15 is 0 Å². The molecule has 1 aromatic rings. The molecule has 0 spiro atoms. The summed E-state index contributed by atoms with van der Waals surface area (Å²) < 4.78 is 10.5. The minimum Gasteiger partial charge on any atom is -0.507 e. The highest BCUT2D eigenvalue weighted by atomic mass is 16.5. The molecular formula is C22H29NO6. The Morgan fingerprint density at radius 3 is 2.45 bits per heavy atom. The summed E-state index contributed by atoms with van der Waals surface area (Å²) in [5, 5.41) is 20.2. The van der Waals surface area contributed by atoms with Crippen molar-refractivity contribution in [3.05, 3.63) is 45.6 Å². The maximum Gasteiger partial charge on any atom is 0.342 e. The van der Waals surface area contributed by atoms with Crippen molar-refractivity contribution in [1.29, 1.82) is 0 Å². The van der Waals surface area contributed by atoms with E-state index in [4.69, 9.17) is 15.2 Å². The van der Waals surface area contributed by atoms with Gasteiger partial charge in [-0.05, 0) is 45.6 Å². The molecule has 0 aliphatic carbocycles. The van der Waals surface area contributed by atoms with Crippen LogP contribution >= 0.6 is 0 Å². The number of carboxylic acids is 1. The zero-order chi connectivity index (χ0) is 21.7. The molecule has 1 aliphatic heterocycles. The summed E-state index contributed by atoms with van der Waals surface area (Å²) in [6, 6.07) is 0. The summed E-state index contributed by atoms with van der Waals surface area (Å²) in [7, 11) is 1.51. The number of esters is 1. The molecule has 4 N–H and O–H groups in total. The number of hydrogen-bond donors (Lipinski definition) is 3. The van der Waals surface area contributed by atoms with Gasteiger partial charge in [0.2, 0.25) is 0 Å². The van der Waals surface area contributed by atoms with Crippen molar-refractivity contribution in [2.24, 2.45) is 11.7 Å². The van der Waals surface area contributed by atoms with Gasteiger partial charge >= 0.3 is 11.9 Å². The highest BCUT2D eigenvalue weighted by Gasteiger charge is 2.31. The summed E-state index contributed by atoms with van der Waals surface area (Å²) in [5.74, 6) is -1.58. The van der Waals surface area contributed by atoms with Crippen LogP contribution in [0.25, 0.3) is 0 Å². The van der Waals surface area contributed by atoms with Gasteiger partial charge in [0.15, 0.2) is 0 Å². The van der Waals surface area contributed by atoms with Crippen molar-refractivity contribution in [1.82, 2.24) is 0 Å². The quantitative estimate of drug-likeness (QED) is 0.428. The third-order valence-electron chi connectivity index (χ3n) is 5.25. The second-order valence-corrected chi connectivity index (χ2v) is 7.40. The number of rotatable bonds is 9. The number of nitrogens with two attached hydrogens (primary N) is 1. The highest BCUT2D eigenvalue weighted by Crippen LogP contribution is 2.42. The van der Waals surface area contributed by atoms with Crippen LogP contribution in [0.5, 0.6) is 11.5 Å². The molecule has 1 unspecified atom stereocenters. The minimum atomic E-state index is -0.862. The summed E-state index contributed by atoms with van der Waals surface area (Å²) in [4.78, 5) is 23.6. The number of cyclic esters (lactones) is 1. The van der Waals surface area contributed by atoms with Gasteiger partial charge in [0.05, 0.1) is 13.0 Å². The SMILES string of the molecule is COc1c(C)c2c(c(O)c1C/C=C(\C)CC(C/C(C)=C/CN)C(=O)O)C(=O)OC2. The van der Waals surface area contributed by atoms with Crippen molar-refractivity contribution in [2.75, 3.05) is 13.7 Å². The van der Waals surface area contributed by atoms with Gasteiger partial charge in [-0.2, -0.15) is 0 Å². The highest BCUT2D eigenvalue weighted by molar-refractivity contribution is 5.98. The van der Waals surface area contributed by atoms with Gasteiger partial charge in [0.1, 0.15) is 23.7 Å². The molecule has 0 aromatic heterocycles. The van der Waals surface area contributed by atoms with Crippen LogP contribution < -0.4 is 10.5 Å². The first-order valence-electron chi connectivity index (χ1n) is 9.53. The van der Waals surface area contributed by atoms with E-state index in [2.05, 4.69) is 0 Å². The Morgan fingerprint density at radius 2 is 1.90 bits per heavy atom. The first-order chi connectivity index (χ1) is 13.7. The monoisotopic (exact) mass is 403 g/mol. The van der Waals surface area contributed by atoms with Crippen LogP contribution in [0, 0.1) is 12.8 Å². The number of carboxylic acid groups (broad SMARTS) is 1. The lowest BCUT2D eigenvalue weighted by molar-refractivity contribution is -0.141. The average molecular weight is 403 g/mol. The second kappa shape index (κ2) is 9.60. The Hall–Kier alpha value is -2.80. The molecule has 0 radical (unpaired) electrons. The topological polar surface area (TPSA) is 119 Å². The van der Waals surface area contributed by atoms with Crippen LogP contribution in [0.1, 0.15) is 53.7 Å². The normalized spacial score (nSPS) is 15.1. The lowest BCUT2D eigenvalue weighted by Crippen LogP contribution is -2.15. The Labute approximate surface area is 170 Å². The van der Waals surface area contributed by atoms with E-state index in [0.717, 1.165) is 16.7 Å². The second-order valence-electron chi connectivity index (χ2n) is 7.40. The maximum atomic E-state index is 12.0. The smallest absolute Gasteiger partial charge is 0.342 e. The van der Waals surface area contributed by atoms with E-state index < -0.39 is 17.9 Å². The third kappa shape index (κ3) is 4.98. The molecule has 7 nitrogen and oxygen atoms in total. The predicted molar refractivity (Wildman–Crippen MR) is 109 cm³/mol. The van der Waals surface area contributed by atoms with Gasteiger partial charge in [0, 0.05) is 17.7 Å². The molecule has 0 fully saturated rings. The van der Waals surface area contributed by atoms with Gasteiger partial charge in [0.25, 0.3) is 0 Å². The number of aromatic hydroxyl groups is 1. The van der Waals surface area contributed by atoms with Crippen LogP contribution in [0.4, 0.5) is 0 Å². The molecular weight excluding hydrogens is 374 g/mol. The molecule has 0 bridgehead atoms. The Morgan fingerprint density at radius 1 is 1.28 bits per heavy atom. The van der Waals surface area contributed by atoms with Gasteiger partial charge in [-0.1, -0.05) is 23.3 Å². The lowest BCUT2D eigenvalue weighted by Gasteiger charge is -2.16. The summed E-state index contributed by atoms with van der Waals surface area (Å²) in [6.45, 7) is 6.06. The summed E-state index contributed by atoms with van der Waals surface area (Å²) >= 11 is 0. The molecule has 1 aliphatic rings. The molecule has 1 aromatic carbocycles. The predicted octanol–water partition coefficient (Wildman–Crippen LogP) is 3.25. The molecule has 0 amide bonds. The fourth-order valence-corrected chi connectivity index (χ4v) is 3.70. The Bertz CT molecular complexity index is 869. The average Bonchev–Trinajstić information content (AvgIpc) is 3.05. The number of phenols is 1. The van der Waals surface area contributed by atoms with Crippen LogP contribution in [0.15, 0.2) is 23.3 Å². The summed E-state index contributed by atoms with van der Waals surface area (Å²) in [6.07, 6.45) is 4.80. The van der Waals surface area contributed by atoms with E-state index in [1.54, 1.807) is 0 Å². The fraction of sp³-hybridized carbons (Fsp3) is 0.455. The zero-order valence-corrected chi connectivity index (χ0v) is 17.4. The number of allylic oxidation sites excluding steroid dienone is 3. The van der Waals surface area contributed by atoms with E-state index in [0.29, 0.717) is 42.7 Å². The van der Waals surface area contributed by atoms with E-state index in [1.165, 1.54) is 7.11 Å². The molecule has 0 saturated heterocycles. The lowest BCUT2D eigenvalue weighted by atomic mass is 9.91. The zero-order valence-electron chi connectivity index (χ0n) is 17.4.